The zero-order valence-electron chi connectivity index (χ0n) is 37.3. The van der Waals surface area contributed by atoms with Crippen LogP contribution in [-0.2, 0) is 36.4 Å². The van der Waals surface area contributed by atoms with Gasteiger partial charge in [0.15, 0.2) is 0 Å². The molecule has 4 bridgehead atoms. The third-order valence-electron chi connectivity index (χ3n) is 18.9. The molecule has 9 aliphatic rings. The Kier molecular flexibility index (Phi) is 7.63. The number of rotatable bonds is 9. The van der Waals surface area contributed by atoms with Gasteiger partial charge in [0.05, 0.1) is 11.2 Å². The van der Waals surface area contributed by atoms with Gasteiger partial charge in [0.25, 0.3) is 0 Å². The summed E-state index contributed by atoms with van der Waals surface area (Å²) in [5.41, 5.74) is 18.3. The topological polar surface area (TPSA) is 18.5 Å². The minimum absolute atomic E-state index is 0.297. The number of fused-ring (bicyclic) bond motifs is 1. The fourth-order valence-electron chi connectivity index (χ4n) is 14.3. The van der Waals surface area contributed by atoms with Gasteiger partial charge in [-0.15, -0.1) is 0 Å². The van der Waals surface area contributed by atoms with Crippen molar-refractivity contribution in [1.82, 2.24) is 0 Å². The van der Waals surface area contributed by atoms with Crippen LogP contribution in [0.5, 0.6) is 0 Å². The average molecular weight is 811 g/mol. The Morgan fingerprint density at radius 3 is 1.16 bits per heavy atom. The molecule has 9 fully saturated rings. The first-order valence-electron chi connectivity index (χ1n) is 23.8. The van der Waals surface area contributed by atoms with Crippen LogP contribution in [-0.4, -0.2) is 18.3 Å². The molecule has 0 radical (unpaired) electrons. The van der Waals surface area contributed by atoms with Gasteiger partial charge in [0, 0.05) is 0 Å². The minimum Gasteiger partial charge on any atom is -0.399 e. The first-order valence-corrected chi connectivity index (χ1v) is 23.8. The highest BCUT2D eigenvalue weighted by molar-refractivity contribution is 6.62. The third kappa shape index (κ3) is 5.19. The van der Waals surface area contributed by atoms with Crippen LogP contribution < -0.4 is 5.46 Å². The van der Waals surface area contributed by atoms with E-state index in [0.717, 1.165) is 11.4 Å². The predicted molar refractivity (Wildman–Crippen MR) is 253 cm³/mol. The van der Waals surface area contributed by atoms with Crippen LogP contribution in [0.3, 0.4) is 0 Å². The lowest BCUT2D eigenvalue weighted by Crippen LogP contribution is -2.67. The third-order valence-corrected chi connectivity index (χ3v) is 18.9. The molecule has 62 heavy (non-hydrogen) atoms. The second-order valence-corrected chi connectivity index (χ2v) is 22.7. The smallest absolute Gasteiger partial charge is 0.399 e. The SMILES string of the molecule is Cc1ccc(C23CC(c4ccc(-c5ccc(C6CC7(c8ccc(-c9ccc(C%10%11CC(c%12ccc(B%13OC(C)(C)C(C)(C)O%13)cc%12)(C%10)C%11)cc9)cc8)CCC67)cc5)cc4)(C2)C3)cc1. The first-order chi connectivity index (χ1) is 29.8. The molecular formula is C59H59BO2. The molecule has 6 aromatic carbocycles. The van der Waals surface area contributed by atoms with Crippen LogP contribution in [0.1, 0.15) is 130 Å². The number of hydrogen-bond acceptors (Lipinski definition) is 2. The van der Waals surface area contributed by atoms with E-state index in [1.165, 1.54) is 102 Å². The maximum atomic E-state index is 6.31. The van der Waals surface area contributed by atoms with Gasteiger partial charge in [0.1, 0.15) is 0 Å². The zero-order chi connectivity index (χ0) is 41.9. The quantitative estimate of drug-likeness (QED) is 0.135. The maximum absolute atomic E-state index is 6.31. The van der Waals surface area contributed by atoms with E-state index in [0.29, 0.717) is 33.0 Å². The van der Waals surface area contributed by atoms with Gasteiger partial charge in [-0.1, -0.05) is 151 Å². The summed E-state index contributed by atoms with van der Waals surface area (Å²) in [5.74, 6) is 1.44. The van der Waals surface area contributed by atoms with E-state index in [1.54, 1.807) is 16.7 Å². The Labute approximate surface area is 369 Å². The van der Waals surface area contributed by atoms with Crippen molar-refractivity contribution in [3.63, 3.8) is 0 Å². The molecule has 1 aliphatic heterocycles. The average Bonchev–Trinajstić information content (AvgIpc) is 3.44. The van der Waals surface area contributed by atoms with Crippen molar-refractivity contribution < 1.29 is 9.31 Å². The van der Waals surface area contributed by atoms with E-state index in [1.807, 2.05) is 0 Å². The van der Waals surface area contributed by atoms with Crippen molar-refractivity contribution in [2.45, 2.75) is 137 Å². The van der Waals surface area contributed by atoms with E-state index in [9.17, 15) is 0 Å². The van der Waals surface area contributed by atoms with Crippen LogP contribution in [0, 0.1) is 12.8 Å². The second-order valence-electron chi connectivity index (χ2n) is 22.7. The van der Waals surface area contributed by atoms with Gasteiger partial charge in [-0.2, -0.15) is 0 Å². The monoisotopic (exact) mass is 810 g/mol. The highest BCUT2D eigenvalue weighted by atomic mass is 16.7. The molecule has 6 aromatic rings. The number of benzene rings is 6. The van der Waals surface area contributed by atoms with Crippen molar-refractivity contribution in [1.29, 1.82) is 0 Å². The highest BCUT2D eigenvalue weighted by Gasteiger charge is 2.69. The molecule has 8 saturated carbocycles. The van der Waals surface area contributed by atoms with Gasteiger partial charge in [0.2, 0.25) is 0 Å². The molecule has 0 aromatic heterocycles. The lowest BCUT2D eigenvalue weighted by Gasteiger charge is -2.71. The first kappa shape index (κ1) is 37.8. The Morgan fingerprint density at radius 1 is 0.435 bits per heavy atom. The van der Waals surface area contributed by atoms with Gasteiger partial charge < -0.3 is 9.31 Å². The Hall–Kier alpha value is -4.70. The zero-order valence-corrected chi connectivity index (χ0v) is 37.3. The van der Waals surface area contributed by atoms with Crippen LogP contribution in [0.4, 0.5) is 0 Å². The summed E-state index contributed by atoms with van der Waals surface area (Å²) >= 11 is 0. The maximum Gasteiger partial charge on any atom is 0.494 e. The van der Waals surface area contributed by atoms with Gasteiger partial charge >= 0.3 is 7.12 Å². The van der Waals surface area contributed by atoms with Crippen molar-refractivity contribution in [3.8, 4) is 22.3 Å². The molecule has 2 nitrogen and oxygen atoms in total. The lowest BCUT2D eigenvalue weighted by atomic mass is 9.32. The molecule has 8 aliphatic carbocycles. The summed E-state index contributed by atoms with van der Waals surface area (Å²) in [4.78, 5) is 0. The summed E-state index contributed by atoms with van der Waals surface area (Å²) in [7, 11) is -0.297. The van der Waals surface area contributed by atoms with E-state index in [-0.39, 0.29) is 18.3 Å². The Bertz CT molecular complexity index is 2670. The van der Waals surface area contributed by atoms with Crippen molar-refractivity contribution >= 4 is 12.6 Å². The summed E-state index contributed by atoms with van der Waals surface area (Å²) in [5, 5.41) is 0. The molecular weight excluding hydrogens is 751 g/mol. The fourth-order valence-corrected chi connectivity index (χ4v) is 14.3. The molecule has 1 saturated heterocycles. The van der Waals surface area contributed by atoms with E-state index in [2.05, 4.69) is 180 Å². The van der Waals surface area contributed by atoms with Crippen LogP contribution in [0.25, 0.3) is 22.3 Å². The lowest BCUT2D eigenvalue weighted by molar-refractivity contribution is -0.0694. The van der Waals surface area contributed by atoms with Crippen LogP contribution >= 0.6 is 0 Å². The van der Waals surface area contributed by atoms with Gasteiger partial charge in [-0.05, 0) is 192 Å². The number of aryl methyl sites for hydroxylation is 1. The molecule has 1 heterocycles. The molecule has 15 rings (SSSR count). The summed E-state index contributed by atoms with van der Waals surface area (Å²) in [6, 6.07) is 56.9. The highest BCUT2D eigenvalue weighted by Crippen LogP contribution is 2.75. The second kappa shape index (κ2) is 12.5. The van der Waals surface area contributed by atoms with Crippen molar-refractivity contribution in [2.24, 2.45) is 5.92 Å². The molecule has 3 atom stereocenters. The normalized spacial score (nSPS) is 33.7. The summed E-state index contributed by atoms with van der Waals surface area (Å²) < 4.78 is 12.6. The Balaban J connectivity index is 0.619. The fraction of sp³-hybridized carbons (Fsp3) is 0.390. The van der Waals surface area contributed by atoms with E-state index >= 15 is 0 Å². The van der Waals surface area contributed by atoms with Crippen molar-refractivity contribution in [3.05, 3.63) is 185 Å². The number of hydrogen-bond donors (Lipinski definition) is 0. The van der Waals surface area contributed by atoms with Crippen LogP contribution in [0.15, 0.2) is 146 Å². The largest absolute Gasteiger partial charge is 0.494 e. The standard InChI is InChI=1S/C59H59BO2/c1-39-6-18-45(19-7-39)55-33-56(34-55,35-55)46-20-12-41(13-21-46)40-8-10-44(11-9-40)51-32-59(31-30-52(51)59)49-24-16-43(17-25-49)42-14-22-47(23-15-42)57-36-58(37-57,38-57)48-26-28-50(29-27-48)60-61-53(2,3)54(4,5)62-60/h6-29,51-52H,30-38H2,1-5H3. The van der Waals surface area contributed by atoms with E-state index in [4.69, 9.17) is 9.31 Å². The molecule has 0 spiro atoms. The summed E-state index contributed by atoms with van der Waals surface area (Å²) in [6.07, 6.45) is 11.6. The van der Waals surface area contributed by atoms with Gasteiger partial charge in [-0.25, -0.2) is 0 Å². The summed E-state index contributed by atoms with van der Waals surface area (Å²) in [6.45, 7) is 10.7. The molecule has 0 amide bonds. The molecule has 3 unspecified atom stereocenters. The minimum atomic E-state index is -0.317. The van der Waals surface area contributed by atoms with Gasteiger partial charge in [-0.3, -0.25) is 0 Å². The van der Waals surface area contributed by atoms with E-state index < -0.39 is 0 Å². The Morgan fingerprint density at radius 2 is 0.790 bits per heavy atom. The molecule has 310 valence electrons. The van der Waals surface area contributed by atoms with Crippen molar-refractivity contribution in [2.75, 3.05) is 0 Å². The molecule has 3 heteroatoms. The van der Waals surface area contributed by atoms with Crippen LogP contribution in [0.2, 0.25) is 0 Å². The predicted octanol–water partition coefficient (Wildman–Crippen LogP) is 13.2. The molecule has 0 N–H and O–H groups in total.